The molecule has 0 saturated heterocycles. The lowest BCUT2D eigenvalue weighted by molar-refractivity contribution is -0.153. The lowest BCUT2D eigenvalue weighted by Crippen LogP contribution is -2.34. The van der Waals surface area contributed by atoms with E-state index in [9.17, 15) is 14.4 Å². The van der Waals surface area contributed by atoms with Gasteiger partial charge in [-0.1, -0.05) is 0 Å². The molecule has 0 rings (SSSR count). The fourth-order valence-corrected chi connectivity index (χ4v) is 1.04. The SMILES string of the molecule is COCCOCC(=O)[C@@H](C(C)=O)C(=O)OC. The van der Waals surface area contributed by atoms with Crippen LogP contribution in [0.4, 0.5) is 0 Å². The molecule has 0 aliphatic rings. The minimum absolute atomic E-state index is 0.230. The van der Waals surface area contributed by atoms with Gasteiger partial charge in [0.25, 0.3) is 0 Å². The minimum atomic E-state index is -1.38. The van der Waals surface area contributed by atoms with Crippen LogP contribution in [-0.2, 0) is 28.6 Å². The number of carbonyl (C=O) groups excluding carboxylic acids is 3. The Morgan fingerprint density at radius 3 is 2.19 bits per heavy atom. The van der Waals surface area contributed by atoms with Gasteiger partial charge in [-0.25, -0.2) is 0 Å². The molecule has 92 valence electrons. The molecule has 0 radical (unpaired) electrons. The summed E-state index contributed by atoms with van der Waals surface area (Å²) in [6, 6.07) is 0. The van der Waals surface area contributed by atoms with Crippen molar-refractivity contribution >= 4 is 17.5 Å². The zero-order chi connectivity index (χ0) is 12.6. The quantitative estimate of drug-likeness (QED) is 0.322. The smallest absolute Gasteiger partial charge is 0.323 e. The normalized spacial score (nSPS) is 11.9. The average Bonchev–Trinajstić information content (AvgIpc) is 2.23. The van der Waals surface area contributed by atoms with E-state index in [1.807, 2.05) is 0 Å². The van der Waals surface area contributed by atoms with E-state index in [-0.39, 0.29) is 13.2 Å². The number of methoxy groups -OCH3 is 2. The third-order valence-electron chi connectivity index (χ3n) is 1.84. The van der Waals surface area contributed by atoms with E-state index in [4.69, 9.17) is 9.47 Å². The monoisotopic (exact) mass is 232 g/mol. The molecule has 6 heteroatoms. The number of esters is 1. The van der Waals surface area contributed by atoms with Crippen LogP contribution >= 0.6 is 0 Å². The van der Waals surface area contributed by atoms with Crippen LogP contribution in [0, 0.1) is 5.92 Å². The number of ketones is 2. The first-order valence-corrected chi connectivity index (χ1v) is 4.72. The van der Waals surface area contributed by atoms with Crippen molar-refractivity contribution in [2.75, 3.05) is 34.0 Å². The maximum atomic E-state index is 11.5. The van der Waals surface area contributed by atoms with Crippen molar-refractivity contribution in [1.82, 2.24) is 0 Å². The Balaban J connectivity index is 4.19. The van der Waals surface area contributed by atoms with E-state index in [1.165, 1.54) is 7.11 Å². The number of Topliss-reactive ketones (excluding diaryl/α,β-unsaturated/α-hetero) is 2. The van der Waals surface area contributed by atoms with E-state index in [0.29, 0.717) is 6.61 Å². The average molecular weight is 232 g/mol. The topological polar surface area (TPSA) is 78.9 Å². The molecule has 0 bridgehead atoms. The van der Waals surface area contributed by atoms with E-state index in [1.54, 1.807) is 0 Å². The van der Waals surface area contributed by atoms with Crippen LogP contribution in [0.1, 0.15) is 6.92 Å². The van der Waals surface area contributed by atoms with E-state index in [2.05, 4.69) is 4.74 Å². The van der Waals surface area contributed by atoms with Gasteiger partial charge in [0, 0.05) is 7.11 Å². The van der Waals surface area contributed by atoms with Crippen molar-refractivity contribution in [3.05, 3.63) is 0 Å². The molecule has 0 N–H and O–H groups in total. The van der Waals surface area contributed by atoms with Gasteiger partial charge in [-0.05, 0) is 6.92 Å². The second-order valence-corrected chi connectivity index (χ2v) is 3.08. The molecule has 0 aromatic carbocycles. The first-order valence-electron chi connectivity index (χ1n) is 4.72. The molecule has 0 unspecified atom stereocenters. The second kappa shape index (κ2) is 7.95. The lowest BCUT2D eigenvalue weighted by Gasteiger charge is -2.10. The van der Waals surface area contributed by atoms with Gasteiger partial charge >= 0.3 is 5.97 Å². The highest BCUT2D eigenvalue weighted by Gasteiger charge is 2.31. The molecule has 0 spiro atoms. The molecule has 0 amide bonds. The van der Waals surface area contributed by atoms with Crippen molar-refractivity contribution in [2.24, 2.45) is 5.92 Å². The first kappa shape index (κ1) is 14.7. The Bertz CT molecular complexity index is 260. The van der Waals surface area contributed by atoms with E-state index >= 15 is 0 Å². The van der Waals surface area contributed by atoms with Gasteiger partial charge in [0.2, 0.25) is 0 Å². The third-order valence-corrected chi connectivity index (χ3v) is 1.84. The minimum Gasteiger partial charge on any atom is -0.468 e. The number of hydrogen-bond donors (Lipinski definition) is 0. The van der Waals surface area contributed by atoms with Gasteiger partial charge < -0.3 is 14.2 Å². The predicted molar refractivity (Wildman–Crippen MR) is 53.9 cm³/mol. The van der Waals surface area contributed by atoms with Crippen LogP contribution in [0.2, 0.25) is 0 Å². The molecule has 0 saturated carbocycles. The van der Waals surface area contributed by atoms with Gasteiger partial charge in [0.05, 0.1) is 20.3 Å². The summed E-state index contributed by atoms with van der Waals surface area (Å²) in [7, 11) is 2.62. The number of carbonyl (C=O) groups is 3. The Labute approximate surface area is 93.8 Å². The van der Waals surface area contributed by atoms with Gasteiger partial charge in [-0.15, -0.1) is 0 Å². The van der Waals surface area contributed by atoms with Crippen molar-refractivity contribution < 1.29 is 28.6 Å². The van der Waals surface area contributed by atoms with Crippen LogP contribution in [0.5, 0.6) is 0 Å². The molecule has 0 fully saturated rings. The van der Waals surface area contributed by atoms with Crippen LogP contribution in [0.25, 0.3) is 0 Å². The second-order valence-electron chi connectivity index (χ2n) is 3.08. The summed E-state index contributed by atoms with van der Waals surface area (Å²) in [5.74, 6) is -3.39. The third kappa shape index (κ3) is 4.99. The largest absolute Gasteiger partial charge is 0.468 e. The van der Waals surface area contributed by atoms with Crippen molar-refractivity contribution in [3.8, 4) is 0 Å². The van der Waals surface area contributed by atoms with E-state index < -0.39 is 23.5 Å². The predicted octanol–water partition coefficient (Wildman–Crippen LogP) is -0.403. The summed E-state index contributed by atoms with van der Waals surface area (Å²) in [4.78, 5) is 33.7. The molecule has 16 heavy (non-hydrogen) atoms. The van der Waals surface area contributed by atoms with Crippen molar-refractivity contribution in [2.45, 2.75) is 6.92 Å². The van der Waals surface area contributed by atoms with Gasteiger partial charge in [-0.3, -0.25) is 14.4 Å². The Hall–Kier alpha value is -1.27. The van der Waals surface area contributed by atoms with Crippen LogP contribution in [0.3, 0.4) is 0 Å². The number of ether oxygens (including phenoxy) is 3. The summed E-state index contributed by atoms with van der Waals surface area (Å²) in [5, 5.41) is 0. The Morgan fingerprint density at radius 1 is 1.12 bits per heavy atom. The van der Waals surface area contributed by atoms with Crippen LogP contribution in [0.15, 0.2) is 0 Å². The lowest BCUT2D eigenvalue weighted by atomic mass is 10.0. The maximum absolute atomic E-state index is 11.5. The zero-order valence-electron chi connectivity index (χ0n) is 9.65. The summed E-state index contributed by atoms with van der Waals surface area (Å²) in [6.07, 6.45) is 0. The molecule has 0 heterocycles. The fraction of sp³-hybridized carbons (Fsp3) is 0.700. The van der Waals surface area contributed by atoms with Crippen molar-refractivity contribution in [3.63, 3.8) is 0 Å². The molecule has 1 atom stereocenters. The van der Waals surface area contributed by atoms with Crippen molar-refractivity contribution in [1.29, 1.82) is 0 Å². The highest BCUT2D eigenvalue weighted by molar-refractivity contribution is 6.16. The highest BCUT2D eigenvalue weighted by atomic mass is 16.5. The van der Waals surface area contributed by atoms with Crippen LogP contribution < -0.4 is 0 Å². The van der Waals surface area contributed by atoms with Gasteiger partial charge in [0.1, 0.15) is 6.61 Å². The first-order chi connectivity index (χ1) is 7.54. The summed E-state index contributed by atoms with van der Waals surface area (Å²) < 4.78 is 14.0. The molecule has 0 aliphatic carbocycles. The summed E-state index contributed by atoms with van der Waals surface area (Å²) in [5.41, 5.74) is 0. The summed E-state index contributed by atoms with van der Waals surface area (Å²) >= 11 is 0. The Morgan fingerprint density at radius 2 is 1.75 bits per heavy atom. The molecule has 0 aromatic rings. The zero-order valence-corrected chi connectivity index (χ0v) is 9.65. The van der Waals surface area contributed by atoms with Crippen LogP contribution in [-0.4, -0.2) is 51.6 Å². The molecular weight excluding hydrogens is 216 g/mol. The molecular formula is C10H16O6. The molecule has 0 aliphatic heterocycles. The van der Waals surface area contributed by atoms with E-state index in [0.717, 1.165) is 14.0 Å². The molecule has 6 nitrogen and oxygen atoms in total. The fourth-order valence-electron chi connectivity index (χ4n) is 1.04. The van der Waals surface area contributed by atoms with Gasteiger partial charge in [0.15, 0.2) is 17.5 Å². The van der Waals surface area contributed by atoms with Gasteiger partial charge in [-0.2, -0.15) is 0 Å². The maximum Gasteiger partial charge on any atom is 0.323 e. The number of rotatable bonds is 8. The standard InChI is InChI=1S/C10H16O6/c1-7(11)9(10(13)15-3)8(12)6-16-5-4-14-2/h9H,4-6H2,1-3H3/t9-/m1/s1. The Kier molecular flexibility index (Phi) is 7.32. The number of hydrogen-bond acceptors (Lipinski definition) is 6. The highest BCUT2D eigenvalue weighted by Crippen LogP contribution is 2.03. The summed E-state index contributed by atoms with van der Waals surface area (Å²) in [6.45, 7) is 1.43. The molecule has 0 aromatic heterocycles.